The van der Waals surface area contributed by atoms with Gasteiger partial charge in [0.15, 0.2) is 0 Å². The average molecular weight is 351 g/mol. The van der Waals surface area contributed by atoms with Gasteiger partial charge in [0, 0.05) is 12.2 Å². The largest absolute Gasteiger partial charge is 0.497 e. The van der Waals surface area contributed by atoms with Crippen LogP contribution in [0.4, 0.5) is 5.69 Å². The first-order chi connectivity index (χ1) is 12.7. The molecule has 0 unspecified atom stereocenters. The Morgan fingerprint density at radius 3 is 2.38 bits per heavy atom. The summed E-state index contributed by atoms with van der Waals surface area (Å²) in [6.07, 6.45) is 3.00. The third-order valence-corrected chi connectivity index (χ3v) is 3.63. The second kappa shape index (κ2) is 7.93. The molecule has 0 saturated carbocycles. The Hall–Kier alpha value is -3.68. The number of nitrogens with zero attached hydrogens (tertiary/aromatic N) is 3. The standard InChI is InChI=1S/C18H17N5O3/c1-26-16-8-2-13(3-9-16)10-20-17(24)18(25)22-14-4-6-15(7-5-14)23-12-19-11-21-23/h2-9,11-12H,10H2,1H3,(H,20,24)(H,22,25). The van der Waals surface area contributed by atoms with Gasteiger partial charge in [0.1, 0.15) is 18.4 Å². The van der Waals surface area contributed by atoms with Crippen molar-refractivity contribution in [2.24, 2.45) is 0 Å². The van der Waals surface area contributed by atoms with E-state index in [0.29, 0.717) is 5.69 Å². The molecule has 0 spiro atoms. The topological polar surface area (TPSA) is 98.1 Å². The summed E-state index contributed by atoms with van der Waals surface area (Å²) in [6, 6.07) is 14.1. The molecule has 8 nitrogen and oxygen atoms in total. The molecule has 2 aromatic carbocycles. The van der Waals surface area contributed by atoms with Crippen molar-refractivity contribution in [2.45, 2.75) is 6.54 Å². The minimum atomic E-state index is -0.730. The molecule has 1 heterocycles. The van der Waals surface area contributed by atoms with E-state index in [9.17, 15) is 9.59 Å². The number of hydrogen-bond donors (Lipinski definition) is 2. The molecule has 8 heteroatoms. The first kappa shape index (κ1) is 17.2. The molecule has 26 heavy (non-hydrogen) atoms. The number of anilines is 1. The van der Waals surface area contributed by atoms with Crippen LogP contribution in [0.3, 0.4) is 0 Å². The van der Waals surface area contributed by atoms with Crippen molar-refractivity contribution in [1.82, 2.24) is 20.1 Å². The van der Waals surface area contributed by atoms with Crippen LogP contribution in [-0.2, 0) is 16.1 Å². The highest BCUT2D eigenvalue weighted by Crippen LogP contribution is 2.12. The van der Waals surface area contributed by atoms with Gasteiger partial charge < -0.3 is 15.4 Å². The smallest absolute Gasteiger partial charge is 0.313 e. The second-order valence-electron chi connectivity index (χ2n) is 5.37. The molecule has 0 radical (unpaired) electrons. The van der Waals surface area contributed by atoms with Gasteiger partial charge in [0.05, 0.1) is 12.8 Å². The summed E-state index contributed by atoms with van der Waals surface area (Å²) in [5.41, 5.74) is 2.17. The Bertz CT molecular complexity index is 874. The fraction of sp³-hybridized carbons (Fsp3) is 0.111. The number of benzene rings is 2. The minimum absolute atomic E-state index is 0.251. The normalized spacial score (nSPS) is 10.2. The van der Waals surface area contributed by atoms with E-state index in [0.717, 1.165) is 17.0 Å². The van der Waals surface area contributed by atoms with Gasteiger partial charge in [-0.1, -0.05) is 12.1 Å². The molecule has 2 amide bonds. The number of aromatic nitrogens is 3. The lowest BCUT2D eigenvalue weighted by molar-refractivity contribution is -0.136. The molecule has 0 bridgehead atoms. The van der Waals surface area contributed by atoms with Crippen molar-refractivity contribution in [3.8, 4) is 11.4 Å². The van der Waals surface area contributed by atoms with Crippen molar-refractivity contribution in [2.75, 3.05) is 12.4 Å². The first-order valence-electron chi connectivity index (χ1n) is 7.83. The van der Waals surface area contributed by atoms with E-state index >= 15 is 0 Å². The molecule has 0 aliphatic carbocycles. The highest BCUT2D eigenvalue weighted by molar-refractivity contribution is 6.39. The van der Waals surface area contributed by atoms with Crippen molar-refractivity contribution >= 4 is 17.5 Å². The van der Waals surface area contributed by atoms with Crippen LogP contribution in [0.1, 0.15) is 5.56 Å². The van der Waals surface area contributed by atoms with Crippen molar-refractivity contribution < 1.29 is 14.3 Å². The molecule has 3 rings (SSSR count). The Balaban J connectivity index is 1.52. The predicted molar refractivity (Wildman–Crippen MR) is 94.8 cm³/mol. The number of carbonyl (C=O) groups is 2. The highest BCUT2D eigenvalue weighted by Gasteiger charge is 2.13. The maximum atomic E-state index is 12.0. The lowest BCUT2D eigenvalue weighted by atomic mass is 10.2. The molecular weight excluding hydrogens is 334 g/mol. The Labute approximate surface area is 149 Å². The molecule has 1 aromatic heterocycles. The predicted octanol–water partition coefficient (Wildman–Crippen LogP) is 1.53. The SMILES string of the molecule is COc1ccc(CNC(=O)C(=O)Nc2ccc(-n3cncn3)cc2)cc1. The van der Waals surface area contributed by atoms with Crippen molar-refractivity contribution in [3.05, 3.63) is 66.7 Å². The zero-order chi connectivity index (χ0) is 18.4. The summed E-state index contributed by atoms with van der Waals surface area (Å²) < 4.78 is 6.66. The van der Waals surface area contributed by atoms with E-state index in [1.807, 2.05) is 12.1 Å². The summed E-state index contributed by atoms with van der Waals surface area (Å²) in [7, 11) is 1.58. The zero-order valence-corrected chi connectivity index (χ0v) is 14.0. The van der Waals surface area contributed by atoms with E-state index in [1.165, 1.54) is 6.33 Å². The Kier molecular flexibility index (Phi) is 5.23. The monoisotopic (exact) mass is 351 g/mol. The third-order valence-electron chi connectivity index (χ3n) is 3.63. The molecule has 0 aliphatic heterocycles. The minimum Gasteiger partial charge on any atom is -0.497 e. The molecule has 3 aromatic rings. The average Bonchev–Trinajstić information content (AvgIpc) is 3.22. The highest BCUT2D eigenvalue weighted by atomic mass is 16.5. The zero-order valence-electron chi connectivity index (χ0n) is 14.0. The van der Waals surface area contributed by atoms with Crippen LogP contribution in [0.5, 0.6) is 5.75 Å². The molecule has 0 fully saturated rings. The molecule has 2 N–H and O–H groups in total. The maximum Gasteiger partial charge on any atom is 0.313 e. The molecule has 0 atom stereocenters. The van der Waals surface area contributed by atoms with Gasteiger partial charge in [-0.15, -0.1) is 0 Å². The molecule has 132 valence electrons. The summed E-state index contributed by atoms with van der Waals surface area (Å²) in [6.45, 7) is 0.251. The summed E-state index contributed by atoms with van der Waals surface area (Å²) in [5, 5.41) is 9.14. The van der Waals surface area contributed by atoms with Crippen LogP contribution >= 0.6 is 0 Å². The number of rotatable bonds is 5. The van der Waals surface area contributed by atoms with Crippen LogP contribution in [0, 0.1) is 0 Å². The second-order valence-corrected chi connectivity index (χ2v) is 5.37. The van der Waals surface area contributed by atoms with Crippen molar-refractivity contribution in [1.29, 1.82) is 0 Å². The number of carbonyl (C=O) groups excluding carboxylic acids is 2. The van der Waals surface area contributed by atoms with E-state index in [2.05, 4.69) is 20.7 Å². The molecule has 0 saturated heterocycles. The van der Waals surface area contributed by atoms with Crippen LogP contribution in [0.2, 0.25) is 0 Å². The van der Waals surface area contributed by atoms with Gasteiger partial charge in [-0.25, -0.2) is 9.67 Å². The number of ether oxygens (including phenoxy) is 1. The van der Waals surface area contributed by atoms with Gasteiger partial charge in [-0.3, -0.25) is 9.59 Å². The number of amides is 2. The van der Waals surface area contributed by atoms with Crippen LogP contribution in [0.25, 0.3) is 5.69 Å². The number of hydrogen-bond acceptors (Lipinski definition) is 5. The lowest BCUT2D eigenvalue weighted by Crippen LogP contribution is -2.34. The van der Waals surface area contributed by atoms with Gasteiger partial charge >= 0.3 is 11.8 Å². The quantitative estimate of drug-likeness (QED) is 0.679. The van der Waals surface area contributed by atoms with E-state index in [1.54, 1.807) is 54.5 Å². The summed E-state index contributed by atoms with van der Waals surface area (Å²) >= 11 is 0. The fourth-order valence-corrected chi connectivity index (χ4v) is 2.23. The summed E-state index contributed by atoms with van der Waals surface area (Å²) in [5.74, 6) is -0.708. The van der Waals surface area contributed by atoms with Gasteiger partial charge in [-0.05, 0) is 42.0 Å². The Morgan fingerprint density at radius 1 is 1.04 bits per heavy atom. The fourth-order valence-electron chi connectivity index (χ4n) is 2.23. The van der Waals surface area contributed by atoms with Gasteiger partial charge in [0.2, 0.25) is 0 Å². The van der Waals surface area contributed by atoms with E-state index in [-0.39, 0.29) is 6.54 Å². The van der Waals surface area contributed by atoms with E-state index < -0.39 is 11.8 Å². The Morgan fingerprint density at radius 2 is 1.77 bits per heavy atom. The summed E-state index contributed by atoms with van der Waals surface area (Å²) in [4.78, 5) is 27.8. The van der Waals surface area contributed by atoms with Crippen LogP contribution in [0.15, 0.2) is 61.2 Å². The first-order valence-corrected chi connectivity index (χ1v) is 7.83. The van der Waals surface area contributed by atoms with Gasteiger partial charge in [-0.2, -0.15) is 5.10 Å². The van der Waals surface area contributed by atoms with Crippen LogP contribution < -0.4 is 15.4 Å². The van der Waals surface area contributed by atoms with Crippen LogP contribution in [-0.4, -0.2) is 33.7 Å². The molecule has 0 aliphatic rings. The van der Waals surface area contributed by atoms with Gasteiger partial charge in [0.25, 0.3) is 0 Å². The number of methoxy groups -OCH3 is 1. The third kappa shape index (κ3) is 4.23. The van der Waals surface area contributed by atoms with E-state index in [4.69, 9.17) is 4.74 Å². The lowest BCUT2D eigenvalue weighted by Gasteiger charge is -2.08. The molecular formula is C18H17N5O3. The number of nitrogens with one attached hydrogen (secondary N) is 2. The van der Waals surface area contributed by atoms with Crippen molar-refractivity contribution in [3.63, 3.8) is 0 Å². The maximum absolute atomic E-state index is 12.0.